The van der Waals surface area contributed by atoms with Crippen LogP contribution in [0.25, 0.3) is 120 Å². The first-order valence-corrected chi connectivity index (χ1v) is 19.4. The molecule has 9 aromatic carbocycles. The zero-order valence-corrected chi connectivity index (χ0v) is 30.6. The Kier molecular flexibility index (Phi) is 6.73. The molecule has 0 radical (unpaired) electrons. The molecule has 3 aromatic heterocycles. The van der Waals surface area contributed by atoms with Gasteiger partial charge in [-0.15, -0.1) is 11.3 Å². The molecule has 260 valence electrons. The number of thiophene rings is 1. The summed E-state index contributed by atoms with van der Waals surface area (Å²) in [6.45, 7) is 0. The highest BCUT2D eigenvalue weighted by Gasteiger charge is 2.20. The Bertz CT molecular complexity index is 3550. The molecule has 0 saturated heterocycles. The average molecular weight is 733 g/mol. The number of nitrogens with zero attached hydrogens (tertiary/aromatic N) is 4. The van der Waals surface area contributed by atoms with E-state index in [9.17, 15) is 0 Å². The number of oxazole rings is 1. The zero-order valence-electron chi connectivity index (χ0n) is 29.8. The summed E-state index contributed by atoms with van der Waals surface area (Å²) < 4.78 is 9.08. The molecule has 0 N–H and O–H groups in total. The maximum absolute atomic E-state index is 6.61. The molecule has 0 spiro atoms. The monoisotopic (exact) mass is 732 g/mol. The van der Waals surface area contributed by atoms with Crippen molar-refractivity contribution in [2.24, 2.45) is 0 Å². The van der Waals surface area contributed by atoms with Crippen LogP contribution in [0.5, 0.6) is 0 Å². The predicted octanol–water partition coefficient (Wildman–Crippen LogP) is 13.7. The van der Waals surface area contributed by atoms with Gasteiger partial charge in [0.15, 0.2) is 23.1 Å². The highest BCUT2D eigenvalue weighted by molar-refractivity contribution is 7.25. The molecule has 0 atom stereocenters. The van der Waals surface area contributed by atoms with E-state index >= 15 is 0 Å². The van der Waals surface area contributed by atoms with Crippen molar-refractivity contribution in [2.75, 3.05) is 0 Å². The lowest BCUT2D eigenvalue weighted by molar-refractivity contribution is 0.623. The summed E-state index contributed by atoms with van der Waals surface area (Å²) in [6, 6.07) is 59.3. The van der Waals surface area contributed by atoms with Gasteiger partial charge in [-0.1, -0.05) is 133 Å². The van der Waals surface area contributed by atoms with Crippen molar-refractivity contribution in [2.45, 2.75) is 0 Å². The molecule has 5 nitrogen and oxygen atoms in total. The predicted molar refractivity (Wildman–Crippen MR) is 232 cm³/mol. The molecule has 0 unspecified atom stereocenters. The van der Waals surface area contributed by atoms with Crippen LogP contribution in [0.15, 0.2) is 174 Å². The van der Waals surface area contributed by atoms with E-state index in [-0.39, 0.29) is 0 Å². The van der Waals surface area contributed by atoms with E-state index in [2.05, 4.69) is 133 Å². The van der Waals surface area contributed by atoms with Gasteiger partial charge in [-0.25, -0.2) is 19.9 Å². The van der Waals surface area contributed by atoms with Crippen LogP contribution in [0.2, 0.25) is 0 Å². The minimum absolute atomic E-state index is 0.610. The highest BCUT2D eigenvalue weighted by atomic mass is 32.1. The van der Waals surface area contributed by atoms with E-state index in [1.54, 1.807) is 11.3 Å². The first kappa shape index (κ1) is 31.1. The zero-order chi connectivity index (χ0) is 36.7. The largest absolute Gasteiger partial charge is 0.435 e. The van der Waals surface area contributed by atoms with E-state index < -0.39 is 0 Å². The van der Waals surface area contributed by atoms with E-state index in [4.69, 9.17) is 24.4 Å². The molecule has 12 rings (SSSR count). The molecule has 0 saturated carbocycles. The van der Waals surface area contributed by atoms with Crippen molar-refractivity contribution in [3.63, 3.8) is 0 Å². The molecule has 0 aliphatic heterocycles. The number of rotatable bonds is 4. The van der Waals surface area contributed by atoms with Gasteiger partial charge in [0.05, 0.1) is 0 Å². The SMILES string of the molecule is c1ccc(-c2nc3ccc4ccc5cc(-c6nc(-c7ccc8c(c7)sc7ccccc78)nc(-c7cccc8ccccc78)n6)c6ccccc6c5c4c3o2)cc1. The lowest BCUT2D eigenvalue weighted by Crippen LogP contribution is -2.01. The molecule has 0 aliphatic rings. The van der Waals surface area contributed by atoms with Gasteiger partial charge in [0, 0.05) is 53.2 Å². The van der Waals surface area contributed by atoms with Crippen molar-refractivity contribution in [1.82, 2.24) is 19.9 Å². The van der Waals surface area contributed by atoms with Gasteiger partial charge in [-0.05, 0) is 68.7 Å². The summed E-state index contributed by atoms with van der Waals surface area (Å²) >= 11 is 1.80. The second kappa shape index (κ2) is 12.1. The molecule has 12 aromatic rings. The lowest BCUT2D eigenvalue weighted by Gasteiger charge is -2.14. The normalized spacial score (nSPS) is 11.9. The van der Waals surface area contributed by atoms with E-state index in [0.29, 0.717) is 23.4 Å². The Morgan fingerprint density at radius 2 is 1.05 bits per heavy atom. The standard InChI is InChI=1S/C50H28N4OS/c1-2-12-31(13-3-1)50-51-41-26-24-30-21-22-32-27-40(35-16-6-7-18-38(35)44(32)45(30)46(41)55-50)49-53-47(33-23-25-37-36-17-8-9-20-42(36)56-43(37)28-33)52-48(54-49)39-19-10-14-29-11-4-5-15-34(29)39/h1-28H. The van der Waals surface area contributed by atoms with Crippen LogP contribution >= 0.6 is 11.3 Å². The Morgan fingerprint density at radius 3 is 1.95 bits per heavy atom. The minimum atomic E-state index is 0.610. The fourth-order valence-corrected chi connectivity index (χ4v) is 9.46. The minimum Gasteiger partial charge on any atom is -0.435 e. The van der Waals surface area contributed by atoms with Crippen LogP contribution < -0.4 is 0 Å². The Balaban J connectivity index is 1.13. The average Bonchev–Trinajstić information content (AvgIpc) is 3.88. The third kappa shape index (κ3) is 4.79. The van der Waals surface area contributed by atoms with Crippen LogP contribution in [0, 0.1) is 0 Å². The second-order valence-corrected chi connectivity index (χ2v) is 15.3. The van der Waals surface area contributed by atoms with Crippen molar-refractivity contribution in [1.29, 1.82) is 0 Å². The number of hydrogen-bond donors (Lipinski definition) is 0. The summed E-state index contributed by atoms with van der Waals surface area (Å²) in [6.07, 6.45) is 0. The molecule has 3 heterocycles. The molecular formula is C50H28N4OS. The fraction of sp³-hybridized carbons (Fsp3) is 0. The number of benzene rings is 9. The molecule has 0 aliphatic carbocycles. The first-order chi connectivity index (χ1) is 27.7. The van der Waals surface area contributed by atoms with Gasteiger partial charge >= 0.3 is 0 Å². The van der Waals surface area contributed by atoms with Crippen molar-refractivity contribution >= 4 is 85.7 Å². The molecule has 0 bridgehead atoms. The Morgan fingerprint density at radius 1 is 0.375 bits per heavy atom. The molecular weight excluding hydrogens is 705 g/mol. The smallest absolute Gasteiger partial charge is 0.227 e. The van der Waals surface area contributed by atoms with Gasteiger partial charge in [-0.3, -0.25) is 0 Å². The van der Waals surface area contributed by atoms with Gasteiger partial charge in [0.1, 0.15) is 5.52 Å². The second-order valence-electron chi connectivity index (χ2n) is 14.2. The van der Waals surface area contributed by atoms with Crippen molar-refractivity contribution < 1.29 is 4.42 Å². The summed E-state index contributed by atoms with van der Waals surface area (Å²) in [4.78, 5) is 20.7. The maximum Gasteiger partial charge on any atom is 0.227 e. The molecule has 6 heteroatoms. The van der Waals surface area contributed by atoms with E-state index in [1.807, 2.05) is 36.4 Å². The van der Waals surface area contributed by atoms with Crippen LogP contribution in [-0.4, -0.2) is 19.9 Å². The number of aromatic nitrogens is 4. The van der Waals surface area contributed by atoms with Crippen LogP contribution in [0.1, 0.15) is 0 Å². The molecule has 0 amide bonds. The van der Waals surface area contributed by atoms with Gasteiger partial charge < -0.3 is 4.42 Å². The third-order valence-electron chi connectivity index (χ3n) is 10.9. The lowest BCUT2D eigenvalue weighted by atomic mass is 9.92. The van der Waals surface area contributed by atoms with Crippen LogP contribution in [0.4, 0.5) is 0 Å². The third-order valence-corrected chi connectivity index (χ3v) is 12.1. The van der Waals surface area contributed by atoms with Crippen molar-refractivity contribution in [3.05, 3.63) is 170 Å². The van der Waals surface area contributed by atoms with E-state index in [1.165, 1.54) is 20.2 Å². The first-order valence-electron chi connectivity index (χ1n) is 18.6. The summed E-state index contributed by atoms with van der Waals surface area (Å²) in [5.41, 5.74) is 5.41. The topological polar surface area (TPSA) is 64.7 Å². The summed E-state index contributed by atoms with van der Waals surface area (Å²) in [5, 5.41) is 11.2. The molecule has 56 heavy (non-hydrogen) atoms. The summed E-state index contributed by atoms with van der Waals surface area (Å²) in [5.74, 6) is 2.50. The summed E-state index contributed by atoms with van der Waals surface area (Å²) in [7, 11) is 0. The fourth-order valence-electron chi connectivity index (χ4n) is 8.31. The Labute approximate surface area is 324 Å². The van der Waals surface area contributed by atoms with Gasteiger partial charge in [-0.2, -0.15) is 0 Å². The van der Waals surface area contributed by atoms with Gasteiger partial charge in [0.2, 0.25) is 5.89 Å². The van der Waals surface area contributed by atoms with Gasteiger partial charge in [0.25, 0.3) is 0 Å². The van der Waals surface area contributed by atoms with Crippen LogP contribution in [-0.2, 0) is 0 Å². The quantitative estimate of drug-likeness (QED) is 0.169. The number of hydrogen-bond acceptors (Lipinski definition) is 6. The molecule has 0 fully saturated rings. The van der Waals surface area contributed by atoms with E-state index in [0.717, 1.165) is 76.4 Å². The van der Waals surface area contributed by atoms with Crippen LogP contribution in [0.3, 0.4) is 0 Å². The number of fused-ring (bicyclic) bond motifs is 11. The Hall–Kier alpha value is -7.28. The maximum atomic E-state index is 6.61. The highest BCUT2D eigenvalue weighted by Crippen LogP contribution is 2.42. The van der Waals surface area contributed by atoms with Crippen molar-refractivity contribution in [3.8, 4) is 45.6 Å².